The highest BCUT2D eigenvalue weighted by atomic mass is 127. The lowest BCUT2D eigenvalue weighted by Gasteiger charge is -2.15. The topological polar surface area (TPSA) is 0 Å². The predicted octanol–water partition coefficient (Wildman–Crippen LogP) is 5.39. The Bertz CT molecular complexity index is 534. The van der Waals surface area contributed by atoms with Crippen LogP contribution in [-0.4, -0.2) is 0 Å². The lowest BCUT2D eigenvalue weighted by Crippen LogP contribution is -1.98. The number of benzene rings is 2. The Morgan fingerprint density at radius 1 is 1.00 bits per heavy atom. The molecule has 0 saturated heterocycles. The van der Waals surface area contributed by atoms with Gasteiger partial charge in [-0.2, -0.15) is 0 Å². The van der Waals surface area contributed by atoms with Crippen molar-refractivity contribution in [3.63, 3.8) is 0 Å². The first-order valence-corrected chi connectivity index (χ1v) is 7.54. The van der Waals surface area contributed by atoms with Gasteiger partial charge in [-0.05, 0) is 59.2 Å². The monoisotopic (exact) mass is 400 g/mol. The first-order chi connectivity index (χ1) is 8.09. The molecule has 0 spiro atoms. The quantitative estimate of drug-likeness (QED) is 0.468. The highest BCUT2D eigenvalue weighted by Gasteiger charge is 2.14. The molecule has 0 bridgehead atoms. The van der Waals surface area contributed by atoms with Gasteiger partial charge in [-0.15, -0.1) is 0 Å². The van der Waals surface area contributed by atoms with E-state index < -0.39 is 0 Å². The van der Waals surface area contributed by atoms with Crippen LogP contribution in [0.2, 0.25) is 0 Å². The molecule has 0 aliphatic carbocycles. The highest BCUT2D eigenvalue weighted by Crippen LogP contribution is 2.35. The van der Waals surface area contributed by atoms with Crippen molar-refractivity contribution < 1.29 is 0 Å². The zero-order valence-corrected chi connectivity index (χ0v) is 13.6. The van der Waals surface area contributed by atoms with Crippen molar-refractivity contribution in [1.29, 1.82) is 0 Å². The second kappa shape index (κ2) is 5.53. The van der Waals surface area contributed by atoms with E-state index in [0.717, 1.165) is 0 Å². The Hall–Kier alpha value is -0.350. The third kappa shape index (κ3) is 2.91. The molecule has 0 aromatic heterocycles. The number of rotatable bonds is 2. The van der Waals surface area contributed by atoms with Gasteiger partial charge in [0.05, 0.1) is 4.83 Å². The van der Waals surface area contributed by atoms with E-state index in [1.165, 1.54) is 25.8 Å². The Balaban J connectivity index is 2.44. The summed E-state index contributed by atoms with van der Waals surface area (Å²) >= 11 is 6.21. The SMILES string of the molecule is Cc1ccc(C(Br)c2ccccc2I)c(C)c1. The summed E-state index contributed by atoms with van der Waals surface area (Å²) < 4.78 is 1.30. The van der Waals surface area contributed by atoms with E-state index >= 15 is 0 Å². The number of hydrogen-bond acceptors (Lipinski definition) is 0. The van der Waals surface area contributed by atoms with Gasteiger partial charge in [0.15, 0.2) is 0 Å². The number of alkyl halides is 1. The molecule has 0 fully saturated rings. The predicted molar refractivity (Wildman–Crippen MR) is 85.8 cm³/mol. The van der Waals surface area contributed by atoms with Gasteiger partial charge < -0.3 is 0 Å². The van der Waals surface area contributed by atoms with Gasteiger partial charge in [-0.25, -0.2) is 0 Å². The third-order valence-electron chi connectivity index (χ3n) is 2.88. The van der Waals surface area contributed by atoms with Crippen LogP contribution in [0.5, 0.6) is 0 Å². The highest BCUT2D eigenvalue weighted by molar-refractivity contribution is 14.1. The molecule has 0 heterocycles. The minimum Gasteiger partial charge on any atom is -0.0786 e. The van der Waals surface area contributed by atoms with Gasteiger partial charge in [0.1, 0.15) is 0 Å². The molecule has 2 heteroatoms. The molecule has 0 nitrogen and oxygen atoms in total. The zero-order valence-electron chi connectivity index (χ0n) is 9.87. The fraction of sp³-hybridized carbons (Fsp3) is 0.200. The summed E-state index contributed by atoms with van der Waals surface area (Å²) in [5.41, 5.74) is 5.33. The van der Waals surface area contributed by atoms with E-state index in [9.17, 15) is 0 Å². The summed E-state index contributed by atoms with van der Waals surface area (Å²) in [5.74, 6) is 0. The lowest BCUT2D eigenvalue weighted by molar-refractivity contribution is 1.12. The van der Waals surface area contributed by atoms with Crippen molar-refractivity contribution in [2.24, 2.45) is 0 Å². The molecule has 1 atom stereocenters. The van der Waals surface area contributed by atoms with Crippen molar-refractivity contribution in [2.75, 3.05) is 0 Å². The van der Waals surface area contributed by atoms with Crippen molar-refractivity contribution in [3.05, 3.63) is 68.3 Å². The van der Waals surface area contributed by atoms with Crippen LogP contribution < -0.4 is 0 Å². The van der Waals surface area contributed by atoms with Gasteiger partial charge in [-0.1, -0.05) is 57.9 Å². The van der Waals surface area contributed by atoms with Crippen LogP contribution in [0.3, 0.4) is 0 Å². The Labute approximate surface area is 125 Å². The van der Waals surface area contributed by atoms with E-state index in [-0.39, 0.29) is 4.83 Å². The first-order valence-electron chi connectivity index (χ1n) is 5.55. The summed E-state index contributed by atoms with van der Waals surface area (Å²) in [6, 6.07) is 15.1. The molecule has 2 aromatic rings. The smallest absolute Gasteiger partial charge is 0.0657 e. The molecule has 0 saturated carbocycles. The molecular formula is C15H14BrI. The molecule has 0 amide bonds. The van der Waals surface area contributed by atoms with Crippen LogP contribution in [0.1, 0.15) is 27.1 Å². The van der Waals surface area contributed by atoms with E-state index in [2.05, 4.69) is 94.8 Å². The lowest BCUT2D eigenvalue weighted by atomic mass is 9.99. The normalized spacial score (nSPS) is 12.5. The van der Waals surface area contributed by atoms with Gasteiger partial charge in [-0.3, -0.25) is 0 Å². The average molecular weight is 401 g/mol. The van der Waals surface area contributed by atoms with Crippen LogP contribution in [-0.2, 0) is 0 Å². The van der Waals surface area contributed by atoms with Crippen molar-refractivity contribution >= 4 is 38.5 Å². The van der Waals surface area contributed by atoms with Crippen LogP contribution in [0.15, 0.2) is 42.5 Å². The first kappa shape index (κ1) is 13.1. The molecule has 17 heavy (non-hydrogen) atoms. The number of aryl methyl sites for hydroxylation is 2. The summed E-state index contributed by atoms with van der Waals surface area (Å²) in [4.78, 5) is 0.274. The minimum atomic E-state index is 0.274. The minimum absolute atomic E-state index is 0.274. The van der Waals surface area contributed by atoms with Gasteiger partial charge in [0.25, 0.3) is 0 Å². The number of hydrogen-bond donors (Lipinski definition) is 0. The number of halogens is 2. The van der Waals surface area contributed by atoms with Gasteiger partial charge in [0, 0.05) is 3.57 Å². The Kier molecular flexibility index (Phi) is 4.26. The summed E-state index contributed by atoms with van der Waals surface area (Å²) in [5, 5.41) is 0. The summed E-state index contributed by atoms with van der Waals surface area (Å²) in [6.07, 6.45) is 0. The molecule has 0 aliphatic heterocycles. The average Bonchev–Trinajstić information content (AvgIpc) is 2.29. The Morgan fingerprint density at radius 2 is 1.71 bits per heavy atom. The molecule has 0 aliphatic rings. The summed E-state index contributed by atoms with van der Waals surface area (Å²) in [6.45, 7) is 4.30. The third-order valence-corrected chi connectivity index (χ3v) is 4.85. The van der Waals surface area contributed by atoms with Crippen LogP contribution in [0.4, 0.5) is 0 Å². The van der Waals surface area contributed by atoms with Gasteiger partial charge in [0.2, 0.25) is 0 Å². The molecule has 2 aromatic carbocycles. The fourth-order valence-electron chi connectivity index (χ4n) is 1.96. The fourth-order valence-corrected chi connectivity index (χ4v) is 4.00. The van der Waals surface area contributed by atoms with E-state index in [0.29, 0.717) is 0 Å². The van der Waals surface area contributed by atoms with Crippen molar-refractivity contribution in [3.8, 4) is 0 Å². The van der Waals surface area contributed by atoms with Crippen molar-refractivity contribution in [1.82, 2.24) is 0 Å². The zero-order chi connectivity index (χ0) is 12.4. The van der Waals surface area contributed by atoms with Crippen LogP contribution in [0, 0.1) is 17.4 Å². The van der Waals surface area contributed by atoms with E-state index in [4.69, 9.17) is 0 Å². The van der Waals surface area contributed by atoms with Crippen LogP contribution in [0.25, 0.3) is 0 Å². The molecule has 88 valence electrons. The second-order valence-electron chi connectivity index (χ2n) is 4.24. The second-order valence-corrected chi connectivity index (χ2v) is 6.32. The maximum absolute atomic E-state index is 3.82. The summed E-state index contributed by atoms with van der Waals surface area (Å²) in [7, 11) is 0. The molecule has 0 radical (unpaired) electrons. The largest absolute Gasteiger partial charge is 0.0786 e. The molecule has 0 N–H and O–H groups in total. The van der Waals surface area contributed by atoms with Crippen molar-refractivity contribution in [2.45, 2.75) is 18.7 Å². The Morgan fingerprint density at radius 3 is 2.35 bits per heavy atom. The molecule has 1 unspecified atom stereocenters. The maximum Gasteiger partial charge on any atom is 0.0657 e. The van der Waals surface area contributed by atoms with E-state index in [1.807, 2.05) is 0 Å². The standard InChI is InChI=1S/C15H14BrI/c1-10-7-8-12(11(2)9-10)15(16)13-5-3-4-6-14(13)17/h3-9,15H,1-2H3. The van der Waals surface area contributed by atoms with Crippen LogP contribution >= 0.6 is 38.5 Å². The molecular weight excluding hydrogens is 387 g/mol. The van der Waals surface area contributed by atoms with Gasteiger partial charge >= 0.3 is 0 Å². The molecule has 2 rings (SSSR count). The maximum atomic E-state index is 3.82. The van der Waals surface area contributed by atoms with E-state index in [1.54, 1.807) is 0 Å².